The average molecular weight is 385 g/mol. The molecule has 28 heavy (non-hydrogen) atoms. The molecule has 8 nitrogen and oxygen atoms in total. The van der Waals surface area contributed by atoms with Crippen LogP contribution in [-0.4, -0.2) is 37.0 Å². The summed E-state index contributed by atoms with van der Waals surface area (Å²) >= 11 is 0. The maximum Gasteiger partial charge on any atom is 0.331 e. The summed E-state index contributed by atoms with van der Waals surface area (Å²) in [5, 5.41) is 12.2. The third-order valence-corrected chi connectivity index (χ3v) is 3.92. The second-order valence-electron chi connectivity index (χ2n) is 5.90. The fourth-order valence-corrected chi connectivity index (χ4v) is 2.45. The Bertz CT molecular complexity index is 923. The van der Waals surface area contributed by atoms with Crippen molar-refractivity contribution in [1.82, 2.24) is 0 Å². The van der Waals surface area contributed by atoms with E-state index in [-0.39, 0.29) is 18.3 Å². The van der Waals surface area contributed by atoms with Gasteiger partial charge >= 0.3 is 5.97 Å². The summed E-state index contributed by atoms with van der Waals surface area (Å²) in [6, 6.07) is 9.60. The number of esters is 1. The van der Waals surface area contributed by atoms with E-state index in [1.807, 2.05) is 0 Å². The number of carbonyl (C=O) groups excluding carboxylic acids is 2. The number of fused-ring (bicyclic) bond motifs is 1. The molecular formula is C20H19NO7. The van der Waals surface area contributed by atoms with Crippen molar-refractivity contribution in [2.75, 3.05) is 19.2 Å². The number of amides is 1. The Morgan fingerprint density at radius 2 is 1.96 bits per heavy atom. The lowest BCUT2D eigenvalue weighted by Crippen LogP contribution is -2.29. The first-order valence-electron chi connectivity index (χ1n) is 8.42. The molecule has 0 saturated heterocycles. The number of carbonyl (C=O) groups is 2. The quantitative estimate of drug-likeness (QED) is 0.582. The Balaban J connectivity index is 1.55. The molecule has 2 N–H and O–H groups in total. The van der Waals surface area contributed by atoms with Gasteiger partial charge in [0.2, 0.25) is 6.79 Å². The van der Waals surface area contributed by atoms with E-state index in [2.05, 4.69) is 5.32 Å². The Hall–Kier alpha value is -3.68. The molecule has 1 atom stereocenters. The molecule has 0 aromatic heterocycles. The zero-order valence-corrected chi connectivity index (χ0v) is 15.3. The topological polar surface area (TPSA) is 103 Å². The van der Waals surface area contributed by atoms with Crippen LogP contribution >= 0.6 is 0 Å². The summed E-state index contributed by atoms with van der Waals surface area (Å²) in [4.78, 5) is 24.2. The van der Waals surface area contributed by atoms with Crippen molar-refractivity contribution in [2.45, 2.75) is 13.0 Å². The SMILES string of the molecule is COc1cc(/C=C/C(=O)O[C@@H](C)C(=O)Nc2ccc3c(c2)OCO3)ccc1O. The van der Waals surface area contributed by atoms with E-state index in [9.17, 15) is 14.7 Å². The van der Waals surface area contributed by atoms with E-state index in [1.165, 1.54) is 32.3 Å². The largest absolute Gasteiger partial charge is 0.504 e. The number of rotatable bonds is 6. The van der Waals surface area contributed by atoms with Crippen LogP contribution in [-0.2, 0) is 14.3 Å². The molecule has 146 valence electrons. The van der Waals surface area contributed by atoms with Gasteiger partial charge in [-0.2, -0.15) is 0 Å². The van der Waals surface area contributed by atoms with Crippen LogP contribution in [0.5, 0.6) is 23.0 Å². The predicted octanol–water partition coefficient (Wildman–Crippen LogP) is 2.71. The third kappa shape index (κ3) is 4.53. The first-order valence-corrected chi connectivity index (χ1v) is 8.42. The third-order valence-electron chi connectivity index (χ3n) is 3.92. The van der Waals surface area contributed by atoms with Gasteiger partial charge in [0, 0.05) is 17.8 Å². The van der Waals surface area contributed by atoms with Gasteiger partial charge in [0.1, 0.15) is 0 Å². The fraction of sp³-hybridized carbons (Fsp3) is 0.200. The average Bonchev–Trinajstić information content (AvgIpc) is 3.15. The Labute approximate surface area is 161 Å². The maximum absolute atomic E-state index is 12.2. The van der Waals surface area contributed by atoms with Crippen molar-refractivity contribution in [1.29, 1.82) is 0 Å². The second-order valence-corrected chi connectivity index (χ2v) is 5.90. The van der Waals surface area contributed by atoms with E-state index >= 15 is 0 Å². The number of methoxy groups -OCH3 is 1. The molecule has 0 unspecified atom stereocenters. The van der Waals surface area contributed by atoms with Crippen LogP contribution < -0.4 is 19.5 Å². The highest BCUT2D eigenvalue weighted by Gasteiger charge is 2.19. The molecular weight excluding hydrogens is 366 g/mol. The zero-order chi connectivity index (χ0) is 20.1. The fourth-order valence-electron chi connectivity index (χ4n) is 2.45. The van der Waals surface area contributed by atoms with Gasteiger partial charge in [0.25, 0.3) is 5.91 Å². The summed E-state index contributed by atoms with van der Waals surface area (Å²) < 4.78 is 20.6. The summed E-state index contributed by atoms with van der Waals surface area (Å²) in [6.07, 6.45) is 1.68. The lowest BCUT2D eigenvalue weighted by Gasteiger charge is -2.12. The molecule has 1 heterocycles. The van der Waals surface area contributed by atoms with Gasteiger partial charge in [0.05, 0.1) is 7.11 Å². The number of benzene rings is 2. The van der Waals surface area contributed by atoms with Gasteiger partial charge < -0.3 is 29.4 Å². The Morgan fingerprint density at radius 3 is 2.75 bits per heavy atom. The van der Waals surface area contributed by atoms with Crippen molar-refractivity contribution in [3.8, 4) is 23.0 Å². The zero-order valence-electron chi connectivity index (χ0n) is 15.3. The molecule has 1 amide bonds. The van der Waals surface area contributed by atoms with Crippen LogP contribution in [0.25, 0.3) is 6.08 Å². The first kappa shape index (κ1) is 19.1. The lowest BCUT2D eigenvalue weighted by atomic mass is 10.2. The van der Waals surface area contributed by atoms with Crippen LogP contribution in [0.15, 0.2) is 42.5 Å². The molecule has 0 bridgehead atoms. The van der Waals surface area contributed by atoms with E-state index in [0.717, 1.165) is 0 Å². The number of nitrogens with one attached hydrogen (secondary N) is 1. The van der Waals surface area contributed by atoms with Crippen molar-refractivity contribution in [2.24, 2.45) is 0 Å². The molecule has 1 aliphatic heterocycles. The van der Waals surface area contributed by atoms with Gasteiger partial charge in [-0.05, 0) is 42.8 Å². The number of ether oxygens (including phenoxy) is 4. The molecule has 2 aromatic rings. The van der Waals surface area contributed by atoms with Gasteiger partial charge in [-0.1, -0.05) is 6.07 Å². The van der Waals surface area contributed by atoms with Crippen LogP contribution in [0.3, 0.4) is 0 Å². The lowest BCUT2D eigenvalue weighted by molar-refractivity contribution is -0.148. The molecule has 0 radical (unpaired) electrons. The molecule has 0 fully saturated rings. The smallest absolute Gasteiger partial charge is 0.331 e. The minimum atomic E-state index is -1.00. The number of hydrogen-bond donors (Lipinski definition) is 2. The van der Waals surface area contributed by atoms with Crippen LogP contribution in [0, 0.1) is 0 Å². The summed E-state index contributed by atoms with van der Waals surface area (Å²) in [5.74, 6) is 0.263. The van der Waals surface area contributed by atoms with Crippen molar-refractivity contribution in [3.05, 3.63) is 48.0 Å². The van der Waals surface area contributed by atoms with Gasteiger partial charge in [-0.15, -0.1) is 0 Å². The number of phenols is 1. The van der Waals surface area contributed by atoms with Gasteiger partial charge in [-0.3, -0.25) is 4.79 Å². The van der Waals surface area contributed by atoms with Gasteiger partial charge in [-0.25, -0.2) is 4.79 Å². The summed E-state index contributed by atoms with van der Waals surface area (Å²) in [5.41, 5.74) is 1.13. The van der Waals surface area contributed by atoms with Crippen LogP contribution in [0.2, 0.25) is 0 Å². The number of aromatic hydroxyl groups is 1. The van der Waals surface area contributed by atoms with Crippen molar-refractivity contribution < 1.29 is 33.6 Å². The highest BCUT2D eigenvalue weighted by atomic mass is 16.7. The monoisotopic (exact) mass is 385 g/mol. The van der Waals surface area contributed by atoms with E-state index < -0.39 is 18.0 Å². The molecule has 0 spiro atoms. The molecule has 3 rings (SSSR count). The second kappa shape index (κ2) is 8.34. The summed E-state index contributed by atoms with van der Waals surface area (Å²) in [6.45, 7) is 1.61. The molecule has 0 aliphatic carbocycles. The standard InChI is InChI=1S/C20H19NO7/c1-12(20(24)21-14-5-7-16-18(10-14)27-11-26-16)28-19(23)8-4-13-3-6-15(22)17(9-13)25-2/h3-10,12,22H,11H2,1-2H3,(H,21,24)/b8-4+/t12-/m0/s1. The Morgan fingerprint density at radius 1 is 1.18 bits per heavy atom. The number of anilines is 1. The number of phenolic OH excluding ortho intramolecular Hbond substituents is 1. The minimum Gasteiger partial charge on any atom is -0.504 e. The van der Waals surface area contributed by atoms with Crippen LogP contribution in [0.1, 0.15) is 12.5 Å². The molecule has 1 aliphatic rings. The minimum absolute atomic E-state index is 0.00367. The summed E-state index contributed by atoms with van der Waals surface area (Å²) in [7, 11) is 1.43. The molecule has 8 heteroatoms. The normalized spacial score (nSPS) is 13.2. The first-order chi connectivity index (χ1) is 13.5. The van der Waals surface area contributed by atoms with E-state index in [0.29, 0.717) is 22.7 Å². The Kier molecular flexibility index (Phi) is 5.69. The van der Waals surface area contributed by atoms with Gasteiger partial charge in [0.15, 0.2) is 29.1 Å². The maximum atomic E-state index is 12.2. The highest BCUT2D eigenvalue weighted by molar-refractivity contribution is 5.96. The van der Waals surface area contributed by atoms with E-state index in [4.69, 9.17) is 18.9 Å². The highest BCUT2D eigenvalue weighted by Crippen LogP contribution is 2.34. The number of hydrogen-bond acceptors (Lipinski definition) is 7. The predicted molar refractivity (Wildman–Crippen MR) is 100 cm³/mol. The van der Waals surface area contributed by atoms with Crippen molar-refractivity contribution >= 4 is 23.6 Å². The molecule has 0 saturated carbocycles. The van der Waals surface area contributed by atoms with E-state index in [1.54, 1.807) is 30.3 Å². The molecule has 2 aromatic carbocycles. The van der Waals surface area contributed by atoms with Crippen LogP contribution in [0.4, 0.5) is 5.69 Å². The van der Waals surface area contributed by atoms with Crippen molar-refractivity contribution in [3.63, 3.8) is 0 Å².